The fourth-order valence-electron chi connectivity index (χ4n) is 7.66. The van der Waals surface area contributed by atoms with Crippen LogP contribution in [0.15, 0.2) is 11.6 Å². The summed E-state index contributed by atoms with van der Waals surface area (Å²) >= 11 is 0. The van der Waals surface area contributed by atoms with Gasteiger partial charge in [0.05, 0.1) is 30.0 Å². The van der Waals surface area contributed by atoms with Crippen LogP contribution in [-0.4, -0.2) is 56.0 Å². The Balaban J connectivity index is 1.72. The summed E-state index contributed by atoms with van der Waals surface area (Å²) < 4.78 is 5.84. The molecule has 5 rings (SSSR count). The highest BCUT2D eigenvalue weighted by Crippen LogP contribution is 2.71. The van der Waals surface area contributed by atoms with Crippen molar-refractivity contribution in [2.45, 2.75) is 82.6 Å². The maximum absolute atomic E-state index is 11.8. The number of aliphatic hydroxyl groups excluding tert-OH is 2. The lowest BCUT2D eigenvalue weighted by atomic mass is 9.57. The van der Waals surface area contributed by atoms with Gasteiger partial charge in [0.1, 0.15) is 5.60 Å². The molecule has 4 aliphatic carbocycles. The van der Waals surface area contributed by atoms with Crippen LogP contribution in [0, 0.1) is 28.6 Å². The monoisotopic (exact) mass is 350 g/mol. The van der Waals surface area contributed by atoms with Crippen molar-refractivity contribution in [3.63, 3.8) is 0 Å². The summed E-state index contributed by atoms with van der Waals surface area (Å²) in [4.78, 5) is 0. The van der Waals surface area contributed by atoms with Crippen LogP contribution in [0.5, 0.6) is 0 Å². The summed E-state index contributed by atoms with van der Waals surface area (Å²) in [6, 6.07) is 0. The summed E-state index contributed by atoms with van der Waals surface area (Å²) in [5.41, 5.74) is -2.80. The Morgan fingerprint density at radius 2 is 1.80 bits per heavy atom. The maximum atomic E-state index is 11.8. The van der Waals surface area contributed by atoms with Crippen molar-refractivity contribution >= 4 is 0 Å². The number of ether oxygens (including phenoxy) is 1. The summed E-state index contributed by atoms with van der Waals surface area (Å²) in [6.07, 6.45) is 2.07. The minimum absolute atomic E-state index is 0.102. The van der Waals surface area contributed by atoms with Crippen molar-refractivity contribution in [2.75, 3.05) is 0 Å². The van der Waals surface area contributed by atoms with Gasteiger partial charge in [-0.1, -0.05) is 25.5 Å². The SMILES string of the molecule is CC1=C[C@@]23C[C@@H](O)[C@@]4(O)[C@@H]([C@@H]5O[C@@H]5C4(C)C)[C@](C)(O)[C@@H]2CC[C@@H]1[C@H]3O. The van der Waals surface area contributed by atoms with Crippen LogP contribution in [-0.2, 0) is 4.74 Å². The van der Waals surface area contributed by atoms with Crippen LogP contribution >= 0.6 is 0 Å². The third kappa shape index (κ3) is 1.56. The zero-order chi connectivity index (χ0) is 18.2. The molecule has 0 aromatic heterocycles. The number of hydrogen-bond donors (Lipinski definition) is 4. The fourth-order valence-corrected chi connectivity index (χ4v) is 7.66. The molecule has 0 unspecified atom stereocenters. The minimum atomic E-state index is -1.42. The highest BCUT2D eigenvalue weighted by Gasteiger charge is 2.82. The molecule has 5 aliphatic rings. The number of hydrogen-bond acceptors (Lipinski definition) is 5. The number of rotatable bonds is 0. The molecule has 1 spiro atoms. The van der Waals surface area contributed by atoms with Crippen molar-refractivity contribution in [1.29, 1.82) is 0 Å². The van der Waals surface area contributed by atoms with Crippen molar-refractivity contribution < 1.29 is 25.2 Å². The van der Waals surface area contributed by atoms with E-state index in [9.17, 15) is 20.4 Å². The number of aliphatic hydroxyl groups is 4. The second-order valence-corrected chi connectivity index (χ2v) is 10.2. The number of fused-ring (bicyclic) bond motifs is 4. The van der Waals surface area contributed by atoms with Gasteiger partial charge in [0, 0.05) is 22.7 Å². The molecular weight excluding hydrogens is 320 g/mol. The third-order valence-corrected chi connectivity index (χ3v) is 8.89. The average molecular weight is 350 g/mol. The van der Waals surface area contributed by atoms with Gasteiger partial charge < -0.3 is 25.2 Å². The van der Waals surface area contributed by atoms with E-state index in [4.69, 9.17) is 4.74 Å². The first-order chi connectivity index (χ1) is 11.5. The fraction of sp³-hybridized carbons (Fsp3) is 0.900. The molecule has 4 N–H and O–H groups in total. The van der Waals surface area contributed by atoms with E-state index in [-0.39, 0.29) is 24.0 Å². The van der Waals surface area contributed by atoms with E-state index in [0.29, 0.717) is 6.42 Å². The predicted octanol–water partition coefficient (Wildman–Crippen LogP) is 0.990. The van der Waals surface area contributed by atoms with Crippen molar-refractivity contribution in [3.8, 4) is 0 Å². The molecule has 0 aromatic rings. The Labute approximate surface area is 148 Å². The Kier molecular flexibility index (Phi) is 2.89. The molecular formula is C20H30O5. The molecule has 1 aliphatic heterocycles. The lowest BCUT2D eigenvalue weighted by Crippen LogP contribution is -2.63. The van der Waals surface area contributed by atoms with Gasteiger partial charge in [-0.15, -0.1) is 0 Å². The van der Waals surface area contributed by atoms with Crippen LogP contribution in [0.25, 0.3) is 0 Å². The summed E-state index contributed by atoms with van der Waals surface area (Å²) in [6.45, 7) is 7.69. The van der Waals surface area contributed by atoms with Crippen molar-refractivity contribution in [3.05, 3.63) is 11.6 Å². The Hall–Kier alpha value is -0.460. The van der Waals surface area contributed by atoms with Crippen molar-refractivity contribution in [1.82, 2.24) is 0 Å². The topological polar surface area (TPSA) is 93.5 Å². The molecule has 1 heterocycles. The average Bonchev–Trinajstić information content (AvgIpc) is 3.22. The van der Waals surface area contributed by atoms with Gasteiger partial charge in [0.15, 0.2) is 0 Å². The van der Waals surface area contributed by atoms with E-state index in [0.717, 1.165) is 18.4 Å². The summed E-state index contributed by atoms with van der Waals surface area (Å²) in [5.74, 6) is -0.640. The van der Waals surface area contributed by atoms with E-state index < -0.39 is 40.2 Å². The zero-order valence-electron chi connectivity index (χ0n) is 15.4. The third-order valence-electron chi connectivity index (χ3n) is 8.89. The predicted molar refractivity (Wildman–Crippen MR) is 90.5 cm³/mol. The minimum Gasteiger partial charge on any atom is -0.392 e. The molecule has 4 fully saturated rings. The van der Waals surface area contributed by atoms with E-state index in [1.54, 1.807) is 6.92 Å². The zero-order valence-corrected chi connectivity index (χ0v) is 15.4. The molecule has 2 bridgehead atoms. The van der Waals surface area contributed by atoms with Gasteiger partial charge in [-0.25, -0.2) is 0 Å². The summed E-state index contributed by atoms with van der Waals surface area (Å²) in [5, 5.41) is 45.8. The van der Waals surface area contributed by atoms with E-state index >= 15 is 0 Å². The van der Waals surface area contributed by atoms with E-state index in [2.05, 4.69) is 6.08 Å². The maximum Gasteiger partial charge on any atom is 0.106 e. The molecule has 5 heteroatoms. The number of epoxide rings is 1. The first kappa shape index (κ1) is 16.7. The Morgan fingerprint density at radius 3 is 2.48 bits per heavy atom. The Bertz CT molecular complexity index is 669. The molecule has 140 valence electrons. The molecule has 0 radical (unpaired) electrons. The second-order valence-electron chi connectivity index (χ2n) is 10.2. The van der Waals surface area contributed by atoms with Crippen LogP contribution in [0.3, 0.4) is 0 Å². The highest BCUT2D eigenvalue weighted by atomic mass is 16.6. The second kappa shape index (κ2) is 4.33. The first-order valence-corrected chi connectivity index (χ1v) is 9.65. The molecule has 10 atom stereocenters. The molecule has 5 nitrogen and oxygen atoms in total. The van der Waals surface area contributed by atoms with Gasteiger partial charge in [0.2, 0.25) is 0 Å². The smallest absolute Gasteiger partial charge is 0.106 e. The van der Waals surface area contributed by atoms with Gasteiger partial charge in [0.25, 0.3) is 0 Å². The molecule has 0 amide bonds. The molecule has 0 aromatic carbocycles. The van der Waals surface area contributed by atoms with Gasteiger partial charge in [-0.2, -0.15) is 0 Å². The lowest BCUT2D eigenvalue weighted by molar-refractivity contribution is -0.222. The van der Waals surface area contributed by atoms with Crippen LogP contribution in [0.4, 0.5) is 0 Å². The van der Waals surface area contributed by atoms with Crippen LogP contribution < -0.4 is 0 Å². The van der Waals surface area contributed by atoms with Gasteiger partial charge in [-0.3, -0.25) is 0 Å². The van der Waals surface area contributed by atoms with E-state index in [1.165, 1.54) is 0 Å². The lowest BCUT2D eigenvalue weighted by Gasteiger charge is -2.51. The first-order valence-electron chi connectivity index (χ1n) is 9.65. The van der Waals surface area contributed by atoms with Crippen molar-refractivity contribution in [2.24, 2.45) is 28.6 Å². The normalized spacial score (nSPS) is 64.0. The Morgan fingerprint density at radius 1 is 1.12 bits per heavy atom. The van der Waals surface area contributed by atoms with Crippen LogP contribution in [0.1, 0.15) is 47.0 Å². The largest absolute Gasteiger partial charge is 0.392 e. The van der Waals surface area contributed by atoms with Gasteiger partial charge in [-0.05, 0) is 39.0 Å². The quantitative estimate of drug-likeness (QED) is 0.386. The highest BCUT2D eigenvalue weighted by molar-refractivity contribution is 5.35. The summed E-state index contributed by atoms with van der Waals surface area (Å²) in [7, 11) is 0. The molecule has 1 saturated heterocycles. The van der Waals surface area contributed by atoms with Crippen LogP contribution in [0.2, 0.25) is 0 Å². The standard InChI is InChI=1S/C20H30O5/c1-9-7-19-8-12(21)20(24)14(13-16(25-13)17(20,2)3)18(4,23)11(19)6-5-10(9)15(19)22/h7,10-16,21-24H,5-6,8H2,1-4H3/t10-,11-,12+,13-,14-,15+,16-,18+,19+,20+/m0/s1. The molecule has 25 heavy (non-hydrogen) atoms. The molecule has 3 saturated carbocycles. The van der Waals surface area contributed by atoms with Gasteiger partial charge >= 0.3 is 0 Å². The van der Waals surface area contributed by atoms with E-state index in [1.807, 2.05) is 20.8 Å².